The topological polar surface area (TPSA) is 52.4 Å². The van der Waals surface area contributed by atoms with Gasteiger partial charge in [0.2, 0.25) is 0 Å². The molecule has 1 aromatic heterocycles. The molecule has 4 nitrogen and oxygen atoms in total. The molecule has 94 valence electrons. The van der Waals surface area contributed by atoms with Gasteiger partial charge in [-0.05, 0) is 33.4 Å². The van der Waals surface area contributed by atoms with Gasteiger partial charge < -0.3 is 4.74 Å². The standard InChI is InChI=1S/C11H7BrClNO3S/c12-8-3-4-18-11(8)6-17-7-1-2-10(14(15)16)9(13)5-7/h1-5H,6H2. The van der Waals surface area contributed by atoms with Crippen LogP contribution < -0.4 is 4.74 Å². The number of rotatable bonds is 4. The number of nitro benzene ring substituents is 1. The Kier molecular flexibility index (Phi) is 4.21. The van der Waals surface area contributed by atoms with Gasteiger partial charge in [0.05, 0.1) is 9.80 Å². The van der Waals surface area contributed by atoms with Crippen molar-refractivity contribution in [2.75, 3.05) is 0 Å². The first-order valence-corrected chi connectivity index (χ1v) is 6.91. The SMILES string of the molecule is O=[N+]([O-])c1ccc(OCc2sccc2Br)cc1Cl. The third-order valence-electron chi connectivity index (χ3n) is 2.18. The molecular formula is C11H7BrClNO3S. The van der Waals surface area contributed by atoms with Gasteiger partial charge in [-0.1, -0.05) is 11.6 Å². The van der Waals surface area contributed by atoms with Crippen molar-refractivity contribution in [2.45, 2.75) is 6.61 Å². The predicted molar refractivity (Wildman–Crippen MR) is 74.5 cm³/mol. The van der Waals surface area contributed by atoms with E-state index in [-0.39, 0.29) is 10.7 Å². The lowest BCUT2D eigenvalue weighted by molar-refractivity contribution is -0.384. The minimum Gasteiger partial charge on any atom is -0.488 e. The summed E-state index contributed by atoms with van der Waals surface area (Å²) in [6, 6.07) is 6.25. The van der Waals surface area contributed by atoms with E-state index in [1.807, 2.05) is 11.4 Å². The van der Waals surface area contributed by atoms with Gasteiger partial charge in [-0.2, -0.15) is 0 Å². The normalized spacial score (nSPS) is 10.3. The lowest BCUT2D eigenvalue weighted by atomic mass is 10.3. The first-order valence-electron chi connectivity index (χ1n) is 4.86. The van der Waals surface area contributed by atoms with Crippen molar-refractivity contribution in [2.24, 2.45) is 0 Å². The molecule has 2 rings (SSSR count). The summed E-state index contributed by atoms with van der Waals surface area (Å²) in [7, 11) is 0. The minimum absolute atomic E-state index is 0.0720. The monoisotopic (exact) mass is 347 g/mol. The van der Waals surface area contributed by atoms with Crippen LogP contribution in [0.5, 0.6) is 5.75 Å². The Morgan fingerprint density at radius 2 is 2.22 bits per heavy atom. The molecule has 0 aliphatic heterocycles. The van der Waals surface area contributed by atoms with Gasteiger partial charge in [-0.3, -0.25) is 10.1 Å². The van der Waals surface area contributed by atoms with Crippen LogP contribution in [0.1, 0.15) is 4.88 Å². The Morgan fingerprint density at radius 3 is 2.78 bits per heavy atom. The molecule has 0 unspecified atom stereocenters. The van der Waals surface area contributed by atoms with E-state index >= 15 is 0 Å². The molecule has 0 aliphatic carbocycles. The summed E-state index contributed by atoms with van der Waals surface area (Å²) in [5.74, 6) is 0.505. The average molecular weight is 349 g/mol. The van der Waals surface area contributed by atoms with Crippen LogP contribution in [-0.2, 0) is 6.61 Å². The number of nitro groups is 1. The lowest BCUT2D eigenvalue weighted by Gasteiger charge is -2.05. The van der Waals surface area contributed by atoms with Crippen LogP contribution in [0.3, 0.4) is 0 Å². The fourth-order valence-electron chi connectivity index (χ4n) is 1.30. The van der Waals surface area contributed by atoms with Crippen molar-refractivity contribution in [3.8, 4) is 5.75 Å². The fourth-order valence-corrected chi connectivity index (χ4v) is 2.92. The van der Waals surface area contributed by atoms with E-state index in [0.717, 1.165) is 9.35 Å². The van der Waals surface area contributed by atoms with Gasteiger partial charge in [0.15, 0.2) is 0 Å². The van der Waals surface area contributed by atoms with E-state index in [4.69, 9.17) is 16.3 Å². The molecule has 0 spiro atoms. The van der Waals surface area contributed by atoms with Crippen molar-refractivity contribution in [1.29, 1.82) is 0 Å². The maximum atomic E-state index is 10.6. The summed E-state index contributed by atoms with van der Waals surface area (Å²) < 4.78 is 6.51. The van der Waals surface area contributed by atoms with Crippen LogP contribution in [-0.4, -0.2) is 4.92 Å². The third kappa shape index (κ3) is 3.01. The Morgan fingerprint density at radius 1 is 1.44 bits per heavy atom. The van der Waals surface area contributed by atoms with E-state index in [1.165, 1.54) is 18.2 Å². The van der Waals surface area contributed by atoms with Gasteiger partial charge in [0.25, 0.3) is 5.69 Å². The second-order valence-electron chi connectivity index (χ2n) is 3.35. The van der Waals surface area contributed by atoms with Crippen LogP contribution in [0.25, 0.3) is 0 Å². The molecule has 0 fully saturated rings. The van der Waals surface area contributed by atoms with Gasteiger partial charge in [0.1, 0.15) is 17.4 Å². The van der Waals surface area contributed by atoms with E-state index in [1.54, 1.807) is 11.3 Å². The van der Waals surface area contributed by atoms with Crippen molar-refractivity contribution in [1.82, 2.24) is 0 Å². The van der Waals surface area contributed by atoms with Crippen LogP contribution in [0.15, 0.2) is 34.1 Å². The average Bonchev–Trinajstić information content (AvgIpc) is 2.72. The highest BCUT2D eigenvalue weighted by atomic mass is 79.9. The van der Waals surface area contributed by atoms with Crippen molar-refractivity contribution in [3.05, 3.63) is 54.1 Å². The number of thiophene rings is 1. The number of hydrogen-bond acceptors (Lipinski definition) is 4. The summed E-state index contributed by atoms with van der Waals surface area (Å²) in [6.07, 6.45) is 0. The molecule has 0 aliphatic rings. The summed E-state index contributed by atoms with van der Waals surface area (Å²) >= 11 is 10.8. The zero-order valence-electron chi connectivity index (χ0n) is 8.93. The second-order valence-corrected chi connectivity index (χ2v) is 5.61. The molecule has 0 saturated heterocycles. The van der Waals surface area contributed by atoms with Crippen molar-refractivity contribution in [3.63, 3.8) is 0 Å². The second kappa shape index (κ2) is 5.69. The molecule has 1 aromatic carbocycles. The molecule has 0 bridgehead atoms. The van der Waals surface area contributed by atoms with E-state index in [2.05, 4.69) is 15.9 Å². The highest BCUT2D eigenvalue weighted by Crippen LogP contribution is 2.30. The molecule has 18 heavy (non-hydrogen) atoms. The predicted octanol–water partition coefficient (Wildman–Crippen LogP) is 4.65. The van der Waals surface area contributed by atoms with Crippen LogP contribution >= 0.6 is 38.9 Å². The van der Waals surface area contributed by atoms with Crippen molar-refractivity contribution < 1.29 is 9.66 Å². The highest BCUT2D eigenvalue weighted by Gasteiger charge is 2.12. The van der Waals surface area contributed by atoms with Crippen LogP contribution in [0, 0.1) is 10.1 Å². The zero-order valence-corrected chi connectivity index (χ0v) is 12.1. The van der Waals surface area contributed by atoms with Crippen LogP contribution in [0.4, 0.5) is 5.69 Å². The molecule has 0 saturated carbocycles. The van der Waals surface area contributed by atoms with E-state index in [9.17, 15) is 10.1 Å². The zero-order chi connectivity index (χ0) is 13.1. The smallest absolute Gasteiger partial charge is 0.288 e. The number of ether oxygens (including phenoxy) is 1. The maximum absolute atomic E-state index is 10.6. The molecule has 2 aromatic rings. The number of halogens is 2. The quantitative estimate of drug-likeness (QED) is 0.597. The molecule has 0 radical (unpaired) electrons. The molecule has 0 N–H and O–H groups in total. The molecule has 0 amide bonds. The minimum atomic E-state index is -0.526. The van der Waals surface area contributed by atoms with E-state index in [0.29, 0.717) is 12.4 Å². The summed E-state index contributed by atoms with van der Waals surface area (Å²) in [4.78, 5) is 11.1. The highest BCUT2D eigenvalue weighted by molar-refractivity contribution is 9.10. The lowest BCUT2D eigenvalue weighted by Crippen LogP contribution is -1.95. The summed E-state index contributed by atoms with van der Waals surface area (Å²) in [5.41, 5.74) is -0.124. The number of hydrogen-bond donors (Lipinski definition) is 0. The molecule has 7 heteroatoms. The maximum Gasteiger partial charge on any atom is 0.288 e. The first-order chi connectivity index (χ1) is 8.58. The molecule has 0 atom stereocenters. The van der Waals surface area contributed by atoms with Gasteiger partial charge in [-0.15, -0.1) is 11.3 Å². The van der Waals surface area contributed by atoms with Gasteiger partial charge in [0, 0.05) is 16.6 Å². The third-order valence-corrected chi connectivity index (χ3v) is 4.38. The van der Waals surface area contributed by atoms with Gasteiger partial charge >= 0.3 is 0 Å². The number of benzene rings is 1. The van der Waals surface area contributed by atoms with Crippen LogP contribution in [0.2, 0.25) is 5.02 Å². The fraction of sp³-hybridized carbons (Fsp3) is 0.0909. The Hall–Kier alpha value is -1.11. The number of nitrogens with zero attached hydrogens (tertiary/aromatic N) is 1. The Bertz CT molecular complexity index is 587. The largest absolute Gasteiger partial charge is 0.488 e. The van der Waals surface area contributed by atoms with E-state index < -0.39 is 4.92 Å². The van der Waals surface area contributed by atoms with Crippen molar-refractivity contribution >= 4 is 44.6 Å². The Balaban J connectivity index is 2.09. The molecule has 1 heterocycles. The molecular weight excluding hydrogens is 342 g/mol. The summed E-state index contributed by atoms with van der Waals surface area (Å²) in [5, 5.41) is 12.6. The first kappa shape index (κ1) is 13.3. The Labute approximate surface area is 120 Å². The summed E-state index contributed by atoms with van der Waals surface area (Å²) in [6.45, 7) is 0.395. The van der Waals surface area contributed by atoms with Gasteiger partial charge in [-0.25, -0.2) is 0 Å².